The maximum Gasteiger partial charge on any atom is 0.122 e. The van der Waals surface area contributed by atoms with Crippen molar-refractivity contribution in [2.24, 2.45) is 5.84 Å². The number of hydrogen-bond donors (Lipinski definition) is 2. The first-order valence-electron chi connectivity index (χ1n) is 5.89. The third kappa shape index (κ3) is 3.58. The minimum atomic E-state index is 0.0944. The van der Waals surface area contributed by atoms with Crippen LogP contribution < -0.4 is 16.0 Å². The van der Waals surface area contributed by atoms with Gasteiger partial charge >= 0.3 is 0 Å². The molecular weight excluding hydrogens is 212 g/mol. The molecule has 0 aliphatic heterocycles. The molecule has 0 saturated heterocycles. The van der Waals surface area contributed by atoms with Crippen molar-refractivity contribution in [2.75, 3.05) is 7.11 Å². The number of benzene rings is 1. The van der Waals surface area contributed by atoms with Gasteiger partial charge < -0.3 is 4.74 Å². The van der Waals surface area contributed by atoms with Crippen molar-refractivity contribution in [2.45, 2.75) is 32.7 Å². The number of ether oxygens (including phenoxy) is 1. The van der Waals surface area contributed by atoms with Crippen molar-refractivity contribution in [1.29, 1.82) is 0 Å². The molecule has 1 rings (SSSR count). The van der Waals surface area contributed by atoms with Crippen LogP contribution in [0.15, 0.2) is 30.4 Å². The summed E-state index contributed by atoms with van der Waals surface area (Å²) in [5.74, 6) is 6.50. The van der Waals surface area contributed by atoms with Crippen molar-refractivity contribution >= 4 is 0 Å². The lowest BCUT2D eigenvalue weighted by Crippen LogP contribution is -2.28. The summed E-state index contributed by atoms with van der Waals surface area (Å²) in [5, 5.41) is 0. The number of hydrogen-bond acceptors (Lipinski definition) is 3. The van der Waals surface area contributed by atoms with E-state index in [1.807, 2.05) is 19.1 Å². The maximum atomic E-state index is 5.61. The Labute approximate surface area is 104 Å². The maximum absolute atomic E-state index is 5.61. The Hall–Kier alpha value is -1.32. The number of methoxy groups -OCH3 is 1. The summed E-state index contributed by atoms with van der Waals surface area (Å²) in [6, 6.07) is 6.25. The summed E-state index contributed by atoms with van der Waals surface area (Å²) in [6.45, 7) is 8.15. The summed E-state index contributed by atoms with van der Waals surface area (Å²) in [4.78, 5) is 0. The van der Waals surface area contributed by atoms with Crippen molar-refractivity contribution in [1.82, 2.24) is 5.43 Å². The monoisotopic (exact) mass is 234 g/mol. The molecule has 1 atom stereocenters. The van der Waals surface area contributed by atoms with Gasteiger partial charge in [0.15, 0.2) is 0 Å². The van der Waals surface area contributed by atoms with Gasteiger partial charge in [0, 0.05) is 6.04 Å². The molecular formula is C14H22N2O. The van der Waals surface area contributed by atoms with E-state index in [2.05, 4.69) is 25.0 Å². The van der Waals surface area contributed by atoms with E-state index >= 15 is 0 Å². The first kappa shape index (κ1) is 13.7. The Kier molecular flexibility index (Phi) is 5.19. The second-order valence-electron chi connectivity index (χ2n) is 4.26. The first-order valence-corrected chi connectivity index (χ1v) is 5.89. The molecule has 0 radical (unpaired) electrons. The van der Waals surface area contributed by atoms with Crippen LogP contribution in [0.1, 0.15) is 36.9 Å². The van der Waals surface area contributed by atoms with Gasteiger partial charge in [-0.2, -0.15) is 0 Å². The number of hydrazine groups is 1. The van der Waals surface area contributed by atoms with Crippen LogP contribution >= 0.6 is 0 Å². The highest BCUT2D eigenvalue weighted by Crippen LogP contribution is 2.26. The SMILES string of the molecule is C=C(CC)CC(NN)c1ccc(C)c(OC)c1. The van der Waals surface area contributed by atoms with Crippen LogP contribution in [0.4, 0.5) is 0 Å². The van der Waals surface area contributed by atoms with E-state index in [0.29, 0.717) is 0 Å². The third-order valence-electron chi connectivity index (χ3n) is 3.03. The molecule has 0 aliphatic rings. The van der Waals surface area contributed by atoms with Gasteiger partial charge in [-0.25, -0.2) is 0 Å². The molecule has 94 valence electrons. The molecule has 0 amide bonds. The lowest BCUT2D eigenvalue weighted by Gasteiger charge is -2.18. The molecule has 3 heteroatoms. The van der Waals surface area contributed by atoms with Gasteiger partial charge in [-0.1, -0.05) is 31.2 Å². The molecule has 1 aromatic carbocycles. The fourth-order valence-electron chi connectivity index (χ4n) is 1.76. The van der Waals surface area contributed by atoms with Crippen LogP contribution in [0, 0.1) is 6.92 Å². The van der Waals surface area contributed by atoms with E-state index in [1.54, 1.807) is 7.11 Å². The van der Waals surface area contributed by atoms with Crippen LogP contribution in [-0.2, 0) is 0 Å². The quantitative estimate of drug-likeness (QED) is 0.452. The smallest absolute Gasteiger partial charge is 0.122 e. The van der Waals surface area contributed by atoms with E-state index in [9.17, 15) is 0 Å². The predicted octanol–water partition coefficient (Wildman–Crippen LogP) is 2.86. The standard InChI is InChI=1S/C14H22N2O/c1-5-10(2)8-13(16-15)12-7-6-11(3)14(9-12)17-4/h6-7,9,13,16H,2,5,8,15H2,1,3-4H3. The first-order chi connectivity index (χ1) is 8.12. The molecule has 0 saturated carbocycles. The summed E-state index contributed by atoms with van der Waals surface area (Å²) in [6.07, 6.45) is 1.82. The number of aryl methyl sites for hydroxylation is 1. The molecule has 0 spiro atoms. The molecule has 0 aliphatic carbocycles. The molecule has 1 aromatic rings. The third-order valence-corrected chi connectivity index (χ3v) is 3.03. The summed E-state index contributed by atoms with van der Waals surface area (Å²) in [7, 11) is 1.68. The second kappa shape index (κ2) is 6.42. The summed E-state index contributed by atoms with van der Waals surface area (Å²) in [5.41, 5.74) is 6.28. The zero-order valence-corrected chi connectivity index (χ0v) is 10.9. The second-order valence-corrected chi connectivity index (χ2v) is 4.26. The molecule has 1 unspecified atom stereocenters. The van der Waals surface area contributed by atoms with Gasteiger partial charge in [-0.3, -0.25) is 11.3 Å². The minimum absolute atomic E-state index is 0.0944. The molecule has 0 bridgehead atoms. The highest BCUT2D eigenvalue weighted by atomic mass is 16.5. The van der Waals surface area contributed by atoms with Gasteiger partial charge in [0.25, 0.3) is 0 Å². The Morgan fingerprint density at radius 3 is 2.76 bits per heavy atom. The van der Waals surface area contributed by atoms with Crippen molar-refractivity contribution in [3.05, 3.63) is 41.5 Å². The topological polar surface area (TPSA) is 47.3 Å². The van der Waals surface area contributed by atoms with Gasteiger partial charge in [0.1, 0.15) is 5.75 Å². The zero-order chi connectivity index (χ0) is 12.8. The molecule has 0 fully saturated rings. The highest BCUT2D eigenvalue weighted by molar-refractivity contribution is 5.38. The van der Waals surface area contributed by atoms with E-state index in [0.717, 1.165) is 29.7 Å². The van der Waals surface area contributed by atoms with Crippen LogP contribution in [0.2, 0.25) is 0 Å². The number of nitrogens with two attached hydrogens (primary N) is 1. The predicted molar refractivity (Wildman–Crippen MR) is 71.8 cm³/mol. The summed E-state index contributed by atoms with van der Waals surface area (Å²) >= 11 is 0. The zero-order valence-electron chi connectivity index (χ0n) is 10.9. The van der Waals surface area contributed by atoms with E-state index in [1.165, 1.54) is 5.57 Å². The van der Waals surface area contributed by atoms with Crippen LogP contribution in [-0.4, -0.2) is 7.11 Å². The normalized spacial score (nSPS) is 12.2. The largest absolute Gasteiger partial charge is 0.496 e. The number of nitrogens with one attached hydrogen (secondary N) is 1. The van der Waals surface area contributed by atoms with Crippen LogP contribution in [0.25, 0.3) is 0 Å². The van der Waals surface area contributed by atoms with Crippen LogP contribution in [0.5, 0.6) is 5.75 Å². The Balaban J connectivity index is 2.91. The van der Waals surface area contributed by atoms with E-state index in [-0.39, 0.29) is 6.04 Å². The fraction of sp³-hybridized carbons (Fsp3) is 0.429. The van der Waals surface area contributed by atoms with E-state index < -0.39 is 0 Å². The molecule has 17 heavy (non-hydrogen) atoms. The van der Waals surface area contributed by atoms with Gasteiger partial charge in [-0.15, -0.1) is 0 Å². The van der Waals surface area contributed by atoms with Crippen molar-refractivity contribution in [3.8, 4) is 5.75 Å². The fourth-order valence-corrected chi connectivity index (χ4v) is 1.76. The molecule has 0 heterocycles. The Morgan fingerprint density at radius 2 is 2.24 bits per heavy atom. The van der Waals surface area contributed by atoms with Crippen molar-refractivity contribution < 1.29 is 4.74 Å². The average molecular weight is 234 g/mol. The summed E-state index contributed by atoms with van der Waals surface area (Å²) < 4.78 is 5.32. The Morgan fingerprint density at radius 1 is 1.53 bits per heavy atom. The van der Waals surface area contributed by atoms with Gasteiger partial charge in [0.05, 0.1) is 7.11 Å². The molecule has 3 nitrogen and oxygen atoms in total. The number of rotatable bonds is 6. The minimum Gasteiger partial charge on any atom is -0.496 e. The van der Waals surface area contributed by atoms with Crippen LogP contribution in [0.3, 0.4) is 0 Å². The molecule has 3 N–H and O–H groups in total. The lowest BCUT2D eigenvalue weighted by molar-refractivity contribution is 0.409. The molecule has 0 aromatic heterocycles. The average Bonchev–Trinajstić information content (AvgIpc) is 2.36. The van der Waals surface area contributed by atoms with Gasteiger partial charge in [-0.05, 0) is 37.0 Å². The van der Waals surface area contributed by atoms with Crippen molar-refractivity contribution in [3.63, 3.8) is 0 Å². The van der Waals surface area contributed by atoms with Gasteiger partial charge in [0.2, 0.25) is 0 Å². The van der Waals surface area contributed by atoms with E-state index in [4.69, 9.17) is 10.6 Å². The Bertz CT molecular complexity index is 388. The lowest BCUT2D eigenvalue weighted by atomic mass is 9.98. The highest BCUT2D eigenvalue weighted by Gasteiger charge is 2.12.